The predicted octanol–water partition coefficient (Wildman–Crippen LogP) is 0.984. The van der Waals surface area contributed by atoms with Gasteiger partial charge in [0.1, 0.15) is 30.5 Å². The summed E-state index contributed by atoms with van der Waals surface area (Å²) in [6.07, 6.45) is -5.79. The third kappa shape index (κ3) is 3.97. The van der Waals surface area contributed by atoms with Crippen LogP contribution in [-0.2, 0) is 15.9 Å². The zero-order valence-corrected chi connectivity index (χ0v) is 17.9. The molecule has 3 heterocycles. The molecule has 9 heteroatoms. The van der Waals surface area contributed by atoms with Crippen molar-refractivity contribution in [2.24, 2.45) is 0 Å². The van der Waals surface area contributed by atoms with Crippen LogP contribution in [0.15, 0.2) is 36.4 Å². The van der Waals surface area contributed by atoms with Gasteiger partial charge in [0.05, 0.1) is 19.8 Å². The van der Waals surface area contributed by atoms with Gasteiger partial charge in [0.25, 0.3) is 0 Å². The molecule has 3 aliphatic heterocycles. The molecule has 2 unspecified atom stereocenters. The molecule has 0 aromatic heterocycles. The molecule has 3 aliphatic rings. The van der Waals surface area contributed by atoms with Gasteiger partial charge in [0.2, 0.25) is 0 Å². The van der Waals surface area contributed by atoms with Gasteiger partial charge in [-0.2, -0.15) is 0 Å². The Morgan fingerprint density at radius 3 is 2.38 bits per heavy atom. The van der Waals surface area contributed by atoms with Gasteiger partial charge in [-0.3, -0.25) is 0 Å². The maximum Gasteiger partial charge on any atom is 0.162 e. The number of hydrogen-bond acceptors (Lipinski definition) is 8. The molecule has 0 amide bonds. The van der Waals surface area contributed by atoms with E-state index in [2.05, 4.69) is 0 Å². The van der Waals surface area contributed by atoms with E-state index < -0.39 is 37.1 Å². The fraction of sp³-hybridized carbons (Fsp3) is 0.478. The Morgan fingerprint density at radius 2 is 1.62 bits per heavy atom. The second kappa shape index (κ2) is 8.79. The van der Waals surface area contributed by atoms with Crippen LogP contribution in [0.3, 0.4) is 0 Å². The van der Waals surface area contributed by atoms with Crippen molar-refractivity contribution in [2.75, 3.05) is 19.8 Å². The smallest absolute Gasteiger partial charge is 0.162 e. The number of halogens is 1. The Kier molecular flexibility index (Phi) is 6.02. The van der Waals surface area contributed by atoms with Gasteiger partial charge in [-0.15, -0.1) is 0 Å². The van der Waals surface area contributed by atoms with Crippen LogP contribution >= 0.6 is 11.6 Å². The van der Waals surface area contributed by atoms with Gasteiger partial charge in [0.15, 0.2) is 23.7 Å². The van der Waals surface area contributed by atoms with Gasteiger partial charge in [-0.1, -0.05) is 29.8 Å². The average Bonchev–Trinajstić information content (AvgIpc) is 3.25. The summed E-state index contributed by atoms with van der Waals surface area (Å²) in [5, 5.41) is 40.6. The zero-order valence-electron chi connectivity index (χ0n) is 17.1. The monoisotopic (exact) mass is 464 g/mol. The van der Waals surface area contributed by atoms with Crippen LogP contribution in [0.5, 0.6) is 11.5 Å². The minimum atomic E-state index is -1.44. The van der Waals surface area contributed by atoms with Crippen molar-refractivity contribution in [3.8, 4) is 11.5 Å². The third-order valence-electron chi connectivity index (χ3n) is 6.23. The van der Waals surface area contributed by atoms with Crippen molar-refractivity contribution in [1.29, 1.82) is 0 Å². The first kappa shape index (κ1) is 21.9. The average molecular weight is 465 g/mol. The van der Waals surface area contributed by atoms with Crippen LogP contribution in [0.25, 0.3) is 0 Å². The first-order chi connectivity index (χ1) is 15.4. The molecule has 4 N–H and O–H groups in total. The molecule has 32 heavy (non-hydrogen) atoms. The van der Waals surface area contributed by atoms with Crippen molar-refractivity contribution in [1.82, 2.24) is 0 Å². The summed E-state index contributed by atoms with van der Waals surface area (Å²) in [4.78, 5) is 0. The van der Waals surface area contributed by atoms with Gasteiger partial charge in [0, 0.05) is 5.02 Å². The van der Waals surface area contributed by atoms with Crippen molar-refractivity contribution in [3.63, 3.8) is 0 Å². The third-order valence-corrected chi connectivity index (χ3v) is 6.60. The number of aliphatic hydroxyl groups excluding tert-OH is 4. The number of rotatable bonds is 4. The van der Waals surface area contributed by atoms with Gasteiger partial charge in [-0.25, -0.2) is 0 Å². The van der Waals surface area contributed by atoms with E-state index in [9.17, 15) is 20.4 Å². The highest BCUT2D eigenvalue weighted by Crippen LogP contribution is 2.38. The van der Waals surface area contributed by atoms with Gasteiger partial charge >= 0.3 is 0 Å². The summed E-state index contributed by atoms with van der Waals surface area (Å²) in [5.41, 5.74) is 2.34. The Morgan fingerprint density at radius 1 is 0.875 bits per heavy atom. The Bertz CT molecular complexity index is 982. The predicted molar refractivity (Wildman–Crippen MR) is 113 cm³/mol. The lowest BCUT2D eigenvalue weighted by Crippen LogP contribution is -2.55. The van der Waals surface area contributed by atoms with E-state index in [-0.39, 0.29) is 12.2 Å². The molecule has 0 bridgehead atoms. The highest BCUT2D eigenvalue weighted by Gasteiger charge is 2.44. The van der Waals surface area contributed by atoms with E-state index >= 15 is 0 Å². The minimum absolute atomic E-state index is 0.0852. The number of benzene rings is 2. The quantitative estimate of drug-likeness (QED) is 0.529. The molecule has 0 radical (unpaired) electrons. The molecule has 172 valence electrons. The zero-order chi connectivity index (χ0) is 22.4. The number of aliphatic hydroxyl groups is 4. The van der Waals surface area contributed by atoms with Crippen LogP contribution < -0.4 is 9.47 Å². The van der Waals surface area contributed by atoms with E-state index in [1.54, 1.807) is 18.2 Å². The largest absolute Gasteiger partial charge is 0.480 e. The van der Waals surface area contributed by atoms with Crippen LogP contribution in [-0.4, -0.2) is 76.9 Å². The highest BCUT2D eigenvalue weighted by atomic mass is 35.5. The van der Waals surface area contributed by atoms with Gasteiger partial charge < -0.3 is 39.4 Å². The molecule has 8 nitrogen and oxygen atoms in total. The molecule has 2 saturated heterocycles. The summed E-state index contributed by atoms with van der Waals surface area (Å²) in [6, 6.07) is 10.9. The summed E-state index contributed by atoms with van der Waals surface area (Å²) in [5.74, 6) is 1.34. The first-order valence-electron chi connectivity index (χ1n) is 10.6. The molecule has 2 aromatic rings. The summed E-state index contributed by atoms with van der Waals surface area (Å²) < 4.78 is 23.1. The fourth-order valence-corrected chi connectivity index (χ4v) is 4.60. The SMILES string of the molecule is OC[C@H]1O[C@@H](c2ccc(Cl)c(Cc3ccc4c(c3)OC3COCC3O4)c2)[C@H](O)[C@@H](O)[C@@H]1O. The summed E-state index contributed by atoms with van der Waals surface area (Å²) in [6.45, 7) is 0.541. The van der Waals surface area contributed by atoms with E-state index in [0.717, 1.165) is 11.1 Å². The van der Waals surface area contributed by atoms with E-state index in [4.69, 9.17) is 30.5 Å². The lowest BCUT2D eigenvalue weighted by Gasteiger charge is -2.40. The molecule has 0 aliphatic carbocycles. The maximum absolute atomic E-state index is 10.4. The molecule has 2 aromatic carbocycles. The molecular weight excluding hydrogens is 440 g/mol. The van der Waals surface area contributed by atoms with Gasteiger partial charge in [-0.05, 0) is 41.3 Å². The van der Waals surface area contributed by atoms with Crippen molar-refractivity contribution >= 4 is 11.6 Å². The topological polar surface area (TPSA) is 118 Å². The lowest BCUT2D eigenvalue weighted by molar-refractivity contribution is -0.231. The minimum Gasteiger partial charge on any atom is -0.480 e. The summed E-state index contributed by atoms with van der Waals surface area (Å²) >= 11 is 6.44. The normalized spacial score (nSPS) is 33.7. The standard InChI is InChI=1S/C23H25ClO8/c24-14-3-2-12(23-22(28)21(27)20(26)17(8-25)32-23)7-13(14)5-11-1-4-15-16(6-11)31-19-10-29-9-18(19)30-15/h1-4,6-7,17-23,25-28H,5,8-10H2/t17-,18?,19?,20-,21+,22-,23+/m1/s1. The van der Waals surface area contributed by atoms with Crippen molar-refractivity contribution in [3.05, 3.63) is 58.1 Å². The second-order valence-corrected chi connectivity index (χ2v) is 8.82. The molecule has 2 fully saturated rings. The number of ether oxygens (including phenoxy) is 4. The lowest BCUT2D eigenvalue weighted by atomic mass is 9.90. The highest BCUT2D eigenvalue weighted by molar-refractivity contribution is 6.31. The first-order valence-corrected chi connectivity index (χ1v) is 10.9. The Labute approximate surface area is 189 Å². The van der Waals surface area contributed by atoms with Crippen LogP contribution in [0.4, 0.5) is 0 Å². The molecule has 0 saturated carbocycles. The van der Waals surface area contributed by atoms with E-state index in [1.807, 2.05) is 18.2 Å². The second-order valence-electron chi connectivity index (χ2n) is 8.41. The Balaban J connectivity index is 1.38. The van der Waals surface area contributed by atoms with Crippen LogP contribution in [0.2, 0.25) is 5.02 Å². The fourth-order valence-electron chi connectivity index (χ4n) is 4.42. The van der Waals surface area contributed by atoms with Crippen molar-refractivity contribution < 1.29 is 39.4 Å². The maximum atomic E-state index is 10.4. The van der Waals surface area contributed by atoms with E-state index in [0.29, 0.717) is 41.7 Å². The molecular formula is C23H25ClO8. The Hall–Kier alpha value is -1.91. The summed E-state index contributed by atoms with van der Waals surface area (Å²) in [7, 11) is 0. The van der Waals surface area contributed by atoms with E-state index in [1.165, 1.54) is 0 Å². The number of fused-ring (bicyclic) bond motifs is 2. The van der Waals surface area contributed by atoms with Crippen LogP contribution in [0.1, 0.15) is 22.8 Å². The molecule has 0 spiro atoms. The molecule has 5 rings (SSSR count). The molecule has 7 atom stereocenters. The number of hydrogen-bond donors (Lipinski definition) is 4. The van der Waals surface area contributed by atoms with Crippen molar-refractivity contribution in [2.45, 2.75) is 49.1 Å². The van der Waals surface area contributed by atoms with Crippen LogP contribution in [0, 0.1) is 0 Å².